The number of fused-ring (bicyclic) bond motifs is 1. The van der Waals surface area contributed by atoms with Crippen LogP contribution < -0.4 is 4.74 Å². The first-order valence-corrected chi connectivity index (χ1v) is 15.1. The second-order valence-electron chi connectivity index (χ2n) is 8.55. The highest BCUT2D eigenvalue weighted by Crippen LogP contribution is 2.41. The lowest BCUT2D eigenvalue weighted by Crippen LogP contribution is -2.12. The molecule has 0 amide bonds. The van der Waals surface area contributed by atoms with Crippen molar-refractivity contribution in [3.05, 3.63) is 119 Å². The first kappa shape index (κ1) is 27.7. The molecular weight excluding hydrogens is 736 g/mol. The van der Waals surface area contributed by atoms with Gasteiger partial charge in [-0.15, -0.1) is 0 Å². The summed E-state index contributed by atoms with van der Waals surface area (Å²) in [6.07, 6.45) is 1.85. The predicted molar refractivity (Wildman–Crippen MR) is 176 cm³/mol. The van der Waals surface area contributed by atoms with E-state index < -0.39 is 5.97 Å². The number of carbonyl (C=O) groups excluding carboxylic acids is 1. The van der Waals surface area contributed by atoms with Crippen LogP contribution in [0.3, 0.4) is 0 Å². The Bertz CT molecular complexity index is 1620. The normalized spacial score (nSPS) is 15.4. The van der Waals surface area contributed by atoms with Crippen LogP contribution in [0.5, 0.6) is 5.75 Å². The fraction of sp³-hybridized carbons (Fsp3) is 0.0968. The monoisotopic (exact) mass is 759 g/mol. The molecular formula is C31H23I2NO4S. The number of thioether (sulfide) groups is 1. The quantitative estimate of drug-likeness (QED) is 0.151. The Kier molecular flexibility index (Phi) is 8.93. The number of halogens is 2. The molecule has 1 heterocycles. The summed E-state index contributed by atoms with van der Waals surface area (Å²) in [4.78, 5) is 17.8. The lowest BCUT2D eigenvalue weighted by molar-refractivity contribution is -0.138. The van der Waals surface area contributed by atoms with E-state index in [9.17, 15) is 9.90 Å². The Morgan fingerprint density at radius 2 is 1.67 bits per heavy atom. The van der Waals surface area contributed by atoms with E-state index in [4.69, 9.17) is 9.47 Å². The van der Waals surface area contributed by atoms with Gasteiger partial charge in [0.15, 0.2) is 0 Å². The number of ether oxygens (including phenoxy) is 2. The molecule has 196 valence electrons. The summed E-state index contributed by atoms with van der Waals surface area (Å²) in [6.45, 7) is 2.39. The van der Waals surface area contributed by atoms with Crippen molar-refractivity contribution in [2.75, 3.05) is 6.61 Å². The van der Waals surface area contributed by atoms with Gasteiger partial charge in [0.25, 0.3) is 0 Å². The van der Waals surface area contributed by atoms with Crippen LogP contribution in [-0.4, -0.2) is 22.7 Å². The lowest BCUT2D eigenvalue weighted by atomic mass is 10.1. The van der Waals surface area contributed by atoms with Crippen LogP contribution in [0.1, 0.15) is 18.1 Å². The van der Waals surface area contributed by atoms with Crippen LogP contribution in [0.2, 0.25) is 0 Å². The van der Waals surface area contributed by atoms with Gasteiger partial charge in [-0.25, -0.2) is 9.79 Å². The Morgan fingerprint density at radius 3 is 2.41 bits per heavy atom. The standard InChI is InChI=1S/C31H23I2NO4S/c1-2-37-31(36)27-28(35)26(39-30(27)34-22-12-4-3-5-13-22)17-19-15-24(32)29(25(33)16-19)38-18-21-11-8-10-20-9-6-7-14-23(20)21/h3-17,35H,2,18H2,1H3/b26-17-,34-30?. The number of aliphatic hydroxyl groups is 1. The highest BCUT2D eigenvalue weighted by atomic mass is 127. The molecule has 0 unspecified atom stereocenters. The molecule has 0 atom stereocenters. The Labute approximate surface area is 258 Å². The van der Waals surface area contributed by atoms with Crippen molar-refractivity contribution in [2.24, 2.45) is 4.99 Å². The van der Waals surface area contributed by atoms with Crippen LogP contribution in [0.15, 0.2) is 106 Å². The zero-order valence-corrected chi connectivity index (χ0v) is 26.0. The van der Waals surface area contributed by atoms with Crippen molar-refractivity contribution in [3.8, 4) is 5.75 Å². The molecule has 0 aromatic heterocycles. The molecule has 0 saturated carbocycles. The first-order valence-electron chi connectivity index (χ1n) is 12.2. The van der Waals surface area contributed by atoms with Crippen molar-refractivity contribution >= 4 is 90.5 Å². The van der Waals surface area contributed by atoms with E-state index in [0.29, 0.717) is 22.2 Å². The largest absolute Gasteiger partial charge is 0.506 e. The molecule has 0 bridgehead atoms. The number of rotatable bonds is 7. The topological polar surface area (TPSA) is 68.1 Å². The van der Waals surface area contributed by atoms with Crippen molar-refractivity contribution in [3.63, 3.8) is 0 Å². The molecule has 1 aliphatic heterocycles. The number of hydrogen-bond donors (Lipinski definition) is 1. The minimum Gasteiger partial charge on any atom is -0.506 e. The molecule has 0 radical (unpaired) electrons. The van der Waals surface area contributed by atoms with E-state index in [1.54, 1.807) is 6.92 Å². The van der Waals surface area contributed by atoms with Gasteiger partial charge in [-0.05, 0) is 104 Å². The summed E-state index contributed by atoms with van der Waals surface area (Å²) in [7, 11) is 0. The third kappa shape index (κ3) is 6.33. The average molecular weight is 759 g/mol. The molecule has 0 fully saturated rings. The highest BCUT2D eigenvalue weighted by molar-refractivity contribution is 14.1. The summed E-state index contributed by atoms with van der Waals surface area (Å²) >= 11 is 5.79. The molecule has 0 aliphatic carbocycles. The van der Waals surface area contributed by atoms with Gasteiger partial charge in [-0.3, -0.25) is 0 Å². The summed E-state index contributed by atoms with van der Waals surface area (Å²) in [5.41, 5.74) is 2.77. The molecule has 0 saturated heterocycles. The first-order chi connectivity index (χ1) is 18.9. The number of carbonyl (C=O) groups is 1. The van der Waals surface area contributed by atoms with Crippen molar-refractivity contribution in [2.45, 2.75) is 13.5 Å². The number of para-hydroxylation sites is 1. The van der Waals surface area contributed by atoms with E-state index in [-0.39, 0.29) is 17.9 Å². The zero-order chi connectivity index (χ0) is 27.4. The maximum atomic E-state index is 12.7. The Morgan fingerprint density at radius 1 is 0.974 bits per heavy atom. The maximum Gasteiger partial charge on any atom is 0.344 e. The SMILES string of the molecule is CCOC(=O)C1=C(O)/C(=C/c2cc(I)c(OCc3cccc4ccccc34)c(I)c2)SC1=Nc1ccccc1. The molecule has 1 N–H and O–H groups in total. The minimum absolute atomic E-state index is 0.0800. The molecule has 4 aromatic rings. The van der Waals surface area contributed by atoms with E-state index in [1.807, 2.05) is 66.7 Å². The summed E-state index contributed by atoms with van der Waals surface area (Å²) in [5, 5.41) is 13.8. The minimum atomic E-state index is -0.595. The fourth-order valence-electron chi connectivity index (χ4n) is 4.13. The van der Waals surface area contributed by atoms with Crippen LogP contribution in [0.4, 0.5) is 5.69 Å². The smallest absolute Gasteiger partial charge is 0.344 e. The number of benzene rings is 4. The second-order valence-corrected chi connectivity index (χ2v) is 11.9. The Hall–Kier alpha value is -2.83. The van der Waals surface area contributed by atoms with Crippen LogP contribution in [0, 0.1) is 7.14 Å². The number of aliphatic hydroxyl groups excluding tert-OH is 1. The zero-order valence-electron chi connectivity index (χ0n) is 20.9. The second kappa shape index (κ2) is 12.6. The molecule has 39 heavy (non-hydrogen) atoms. The number of aliphatic imine (C=N–C) groups is 1. The van der Waals surface area contributed by atoms with E-state index >= 15 is 0 Å². The summed E-state index contributed by atoms with van der Waals surface area (Å²) in [5.74, 6) is 0.0834. The molecule has 0 spiro atoms. The summed E-state index contributed by atoms with van der Waals surface area (Å²) < 4.78 is 13.4. The molecule has 5 nitrogen and oxygen atoms in total. The van der Waals surface area contributed by atoms with Gasteiger partial charge in [0.2, 0.25) is 0 Å². The van der Waals surface area contributed by atoms with Crippen LogP contribution in [0.25, 0.3) is 16.8 Å². The highest BCUT2D eigenvalue weighted by Gasteiger charge is 2.33. The molecule has 4 aromatic carbocycles. The molecule has 8 heteroatoms. The van der Waals surface area contributed by atoms with Crippen LogP contribution in [-0.2, 0) is 16.1 Å². The lowest BCUT2D eigenvalue weighted by Gasteiger charge is -2.13. The van der Waals surface area contributed by atoms with E-state index in [0.717, 1.165) is 24.0 Å². The molecule has 1 aliphatic rings. The third-order valence-corrected chi connectivity index (χ3v) is 8.55. The predicted octanol–water partition coefficient (Wildman–Crippen LogP) is 8.82. The number of hydrogen-bond acceptors (Lipinski definition) is 6. The molecule has 5 rings (SSSR count). The van der Waals surface area contributed by atoms with Crippen molar-refractivity contribution < 1.29 is 19.4 Å². The van der Waals surface area contributed by atoms with Gasteiger partial charge in [-0.2, -0.15) is 0 Å². The maximum absolute atomic E-state index is 12.7. The van der Waals surface area contributed by atoms with Gasteiger partial charge in [0.1, 0.15) is 28.7 Å². The average Bonchev–Trinajstić information content (AvgIpc) is 3.23. The van der Waals surface area contributed by atoms with Gasteiger partial charge in [-0.1, -0.05) is 72.4 Å². The van der Waals surface area contributed by atoms with Gasteiger partial charge >= 0.3 is 5.97 Å². The van der Waals surface area contributed by atoms with E-state index in [2.05, 4.69) is 74.4 Å². The van der Waals surface area contributed by atoms with E-state index in [1.165, 1.54) is 22.5 Å². The van der Waals surface area contributed by atoms with Gasteiger partial charge in [0.05, 0.1) is 24.3 Å². The Balaban J connectivity index is 1.43. The third-order valence-electron chi connectivity index (χ3n) is 5.93. The van der Waals surface area contributed by atoms with Crippen molar-refractivity contribution in [1.82, 2.24) is 0 Å². The van der Waals surface area contributed by atoms with Crippen LogP contribution >= 0.6 is 56.9 Å². The van der Waals surface area contributed by atoms with Crippen molar-refractivity contribution in [1.29, 1.82) is 0 Å². The number of nitrogens with zero attached hydrogens (tertiary/aromatic N) is 1. The fourth-order valence-corrected chi connectivity index (χ4v) is 7.29. The summed E-state index contributed by atoms with van der Waals surface area (Å²) in [6, 6.07) is 27.8. The number of esters is 1. The van der Waals surface area contributed by atoms with Gasteiger partial charge in [0, 0.05) is 0 Å². The van der Waals surface area contributed by atoms with Gasteiger partial charge < -0.3 is 14.6 Å².